The number of aromatic nitrogens is 4. The molecule has 0 bridgehead atoms. The minimum Gasteiger partial charge on any atom is -0.401 e. The number of hydrogen-bond acceptors (Lipinski definition) is 8. The largest absolute Gasteiger partial charge is 0.401 e. The third-order valence-corrected chi connectivity index (χ3v) is 4.78. The minimum absolute atomic E-state index is 0.0231. The van der Waals surface area contributed by atoms with Crippen molar-refractivity contribution >= 4 is 44.8 Å². The molecular formula is C14H9N5O2S2. The summed E-state index contributed by atoms with van der Waals surface area (Å²) in [6.07, 6.45) is 0. The molecule has 0 aliphatic carbocycles. The first-order chi connectivity index (χ1) is 11.2. The average Bonchev–Trinajstić information content (AvgIpc) is 3.25. The summed E-state index contributed by atoms with van der Waals surface area (Å²) in [5.74, 6) is -0.107. The van der Waals surface area contributed by atoms with Crippen LogP contribution in [0.5, 0.6) is 0 Å². The Kier molecular flexibility index (Phi) is 3.36. The van der Waals surface area contributed by atoms with Gasteiger partial charge in [-0.1, -0.05) is 17.2 Å². The van der Waals surface area contributed by atoms with Crippen LogP contribution in [0, 0.1) is 6.92 Å². The highest BCUT2D eigenvalue weighted by Gasteiger charge is 2.17. The zero-order valence-corrected chi connectivity index (χ0v) is 13.4. The Bertz CT molecular complexity index is 970. The first-order valence-electron chi connectivity index (χ1n) is 6.62. The number of aryl methyl sites for hydroxylation is 1. The molecule has 0 saturated heterocycles. The van der Waals surface area contributed by atoms with Crippen molar-refractivity contribution in [2.75, 3.05) is 5.32 Å². The van der Waals surface area contributed by atoms with Gasteiger partial charge in [-0.25, -0.2) is 9.97 Å². The van der Waals surface area contributed by atoms with Gasteiger partial charge in [-0.05, 0) is 19.1 Å². The van der Waals surface area contributed by atoms with Crippen molar-refractivity contribution in [2.45, 2.75) is 6.92 Å². The Morgan fingerprint density at radius 3 is 2.87 bits per heavy atom. The Hall–Kier alpha value is -2.65. The van der Waals surface area contributed by atoms with Crippen molar-refractivity contribution in [3.63, 3.8) is 0 Å². The van der Waals surface area contributed by atoms with E-state index in [0.29, 0.717) is 10.7 Å². The number of thiazole rings is 2. The molecule has 0 saturated carbocycles. The summed E-state index contributed by atoms with van der Waals surface area (Å²) < 4.78 is 6.36. The van der Waals surface area contributed by atoms with Crippen molar-refractivity contribution in [3.8, 4) is 11.6 Å². The van der Waals surface area contributed by atoms with Gasteiger partial charge in [0.15, 0.2) is 5.01 Å². The van der Waals surface area contributed by atoms with Gasteiger partial charge in [0.1, 0.15) is 5.69 Å². The predicted molar refractivity (Wildman–Crippen MR) is 87.7 cm³/mol. The van der Waals surface area contributed by atoms with Gasteiger partial charge < -0.3 is 4.42 Å². The molecule has 4 aromatic rings. The van der Waals surface area contributed by atoms with Crippen LogP contribution in [-0.4, -0.2) is 26.1 Å². The summed E-state index contributed by atoms with van der Waals surface area (Å²) in [7, 11) is 0. The van der Waals surface area contributed by atoms with Crippen LogP contribution in [0.2, 0.25) is 0 Å². The maximum atomic E-state index is 12.2. The standard InChI is InChI=1S/C14H9N5O2S2/c1-7-15-9(6-22-7)12-18-19-14(21-12)17-11(20)13-16-8-4-2-3-5-10(8)23-13/h2-6H,1H3,(H,17,19,20). The molecule has 0 aliphatic rings. The highest BCUT2D eigenvalue weighted by atomic mass is 32.1. The first-order valence-corrected chi connectivity index (χ1v) is 8.31. The van der Waals surface area contributed by atoms with Gasteiger partial charge in [-0.15, -0.1) is 27.8 Å². The van der Waals surface area contributed by atoms with Crippen LogP contribution in [-0.2, 0) is 0 Å². The molecule has 0 atom stereocenters. The normalized spacial score (nSPS) is 11.0. The molecule has 23 heavy (non-hydrogen) atoms. The maximum Gasteiger partial charge on any atom is 0.322 e. The second-order valence-corrected chi connectivity index (χ2v) is 6.70. The molecule has 3 aromatic heterocycles. The number of para-hydroxylation sites is 1. The molecule has 4 rings (SSSR count). The molecule has 1 amide bonds. The predicted octanol–water partition coefficient (Wildman–Crippen LogP) is 3.36. The van der Waals surface area contributed by atoms with Gasteiger partial charge in [-0.3, -0.25) is 10.1 Å². The van der Waals surface area contributed by atoms with E-state index in [1.807, 2.05) is 36.6 Å². The van der Waals surface area contributed by atoms with Crippen LogP contribution in [0.4, 0.5) is 6.01 Å². The fraction of sp³-hybridized carbons (Fsp3) is 0.0714. The van der Waals surface area contributed by atoms with Gasteiger partial charge in [0, 0.05) is 5.38 Å². The summed E-state index contributed by atoms with van der Waals surface area (Å²) in [5, 5.41) is 13.3. The van der Waals surface area contributed by atoms with Crippen molar-refractivity contribution in [3.05, 3.63) is 39.7 Å². The van der Waals surface area contributed by atoms with Gasteiger partial charge in [0.2, 0.25) is 0 Å². The molecule has 0 spiro atoms. The highest BCUT2D eigenvalue weighted by molar-refractivity contribution is 7.20. The highest BCUT2D eigenvalue weighted by Crippen LogP contribution is 2.24. The van der Waals surface area contributed by atoms with Crippen LogP contribution in [0.15, 0.2) is 34.1 Å². The molecule has 7 nitrogen and oxygen atoms in total. The molecule has 0 fully saturated rings. The second-order valence-electron chi connectivity index (χ2n) is 4.60. The van der Waals surface area contributed by atoms with Crippen LogP contribution in [0.25, 0.3) is 21.8 Å². The lowest BCUT2D eigenvalue weighted by Crippen LogP contribution is -2.11. The average molecular weight is 343 g/mol. The number of carbonyl (C=O) groups is 1. The van der Waals surface area contributed by atoms with E-state index in [9.17, 15) is 4.79 Å². The maximum absolute atomic E-state index is 12.2. The molecule has 0 radical (unpaired) electrons. The number of anilines is 1. The van der Waals surface area contributed by atoms with E-state index in [-0.39, 0.29) is 17.8 Å². The van der Waals surface area contributed by atoms with E-state index in [1.54, 1.807) is 0 Å². The summed E-state index contributed by atoms with van der Waals surface area (Å²) in [5.41, 5.74) is 1.38. The van der Waals surface area contributed by atoms with Gasteiger partial charge in [-0.2, -0.15) is 0 Å². The van der Waals surface area contributed by atoms with E-state index in [1.165, 1.54) is 22.7 Å². The number of carbonyl (C=O) groups excluding carboxylic acids is 1. The fourth-order valence-electron chi connectivity index (χ4n) is 1.96. The summed E-state index contributed by atoms with van der Waals surface area (Å²) in [6, 6.07) is 7.58. The zero-order valence-electron chi connectivity index (χ0n) is 11.8. The Morgan fingerprint density at radius 1 is 1.22 bits per heavy atom. The van der Waals surface area contributed by atoms with E-state index in [2.05, 4.69) is 25.5 Å². The van der Waals surface area contributed by atoms with Gasteiger partial charge in [0.05, 0.1) is 15.2 Å². The molecule has 9 heteroatoms. The third kappa shape index (κ3) is 2.71. The molecule has 1 aromatic carbocycles. The third-order valence-electron chi connectivity index (χ3n) is 2.97. The lowest BCUT2D eigenvalue weighted by Gasteiger charge is -1.94. The monoisotopic (exact) mass is 343 g/mol. The molecule has 0 aliphatic heterocycles. The second kappa shape index (κ2) is 5.52. The Labute approximate surface area is 138 Å². The first kappa shape index (κ1) is 14.0. The number of nitrogens with one attached hydrogen (secondary N) is 1. The van der Waals surface area contributed by atoms with E-state index in [0.717, 1.165) is 15.2 Å². The van der Waals surface area contributed by atoms with Gasteiger partial charge in [0.25, 0.3) is 11.8 Å². The number of rotatable bonds is 3. The molecular weight excluding hydrogens is 334 g/mol. The quantitative estimate of drug-likeness (QED) is 0.613. The number of amides is 1. The number of nitrogens with zero attached hydrogens (tertiary/aromatic N) is 4. The van der Waals surface area contributed by atoms with Crippen LogP contribution in [0.3, 0.4) is 0 Å². The Morgan fingerprint density at radius 2 is 2.09 bits per heavy atom. The molecule has 1 N–H and O–H groups in total. The minimum atomic E-state index is -0.379. The Balaban J connectivity index is 1.55. The van der Waals surface area contributed by atoms with Crippen LogP contribution in [0.1, 0.15) is 14.8 Å². The summed E-state index contributed by atoms with van der Waals surface area (Å²) in [4.78, 5) is 20.8. The van der Waals surface area contributed by atoms with Crippen LogP contribution < -0.4 is 5.32 Å². The van der Waals surface area contributed by atoms with E-state index >= 15 is 0 Å². The number of benzene rings is 1. The van der Waals surface area contributed by atoms with E-state index in [4.69, 9.17) is 4.42 Å². The zero-order chi connectivity index (χ0) is 15.8. The molecule has 114 valence electrons. The molecule has 3 heterocycles. The van der Waals surface area contributed by atoms with Crippen molar-refractivity contribution < 1.29 is 9.21 Å². The number of fused-ring (bicyclic) bond motifs is 1. The lowest BCUT2D eigenvalue weighted by molar-refractivity contribution is 0.102. The van der Waals surface area contributed by atoms with Crippen LogP contribution >= 0.6 is 22.7 Å². The summed E-state index contributed by atoms with van der Waals surface area (Å²) in [6.45, 7) is 1.89. The van der Waals surface area contributed by atoms with Crippen molar-refractivity contribution in [1.29, 1.82) is 0 Å². The smallest absolute Gasteiger partial charge is 0.322 e. The fourth-order valence-corrected chi connectivity index (χ4v) is 3.41. The van der Waals surface area contributed by atoms with Crippen molar-refractivity contribution in [1.82, 2.24) is 20.2 Å². The van der Waals surface area contributed by atoms with E-state index < -0.39 is 0 Å². The number of hydrogen-bond donors (Lipinski definition) is 1. The lowest BCUT2D eigenvalue weighted by atomic mass is 10.3. The molecule has 0 unspecified atom stereocenters. The topological polar surface area (TPSA) is 93.8 Å². The van der Waals surface area contributed by atoms with Crippen molar-refractivity contribution in [2.24, 2.45) is 0 Å². The summed E-state index contributed by atoms with van der Waals surface area (Å²) >= 11 is 2.79. The van der Waals surface area contributed by atoms with Gasteiger partial charge >= 0.3 is 6.01 Å². The SMILES string of the molecule is Cc1nc(-c2nnc(NC(=O)c3nc4ccccc4s3)o2)cs1.